The Morgan fingerprint density at radius 1 is 1.26 bits per heavy atom. The maximum absolute atomic E-state index is 10.9. The highest BCUT2D eigenvalue weighted by Crippen LogP contribution is 1.99. The normalized spacial score (nSPS) is 14.8. The zero-order valence-electron chi connectivity index (χ0n) is 10.5. The number of carbonyl (C=O) groups is 1. The first-order chi connectivity index (χ1) is 9.31. The van der Waals surface area contributed by atoms with Gasteiger partial charge in [0, 0.05) is 12.4 Å². The van der Waals surface area contributed by atoms with Gasteiger partial charge in [-0.25, -0.2) is 9.22 Å². The Balaban J connectivity index is 2.48. The molecule has 4 heteroatoms. The molecule has 0 aliphatic carbocycles. The second kappa shape index (κ2) is 6.35. The molecule has 0 aromatic heterocycles. The number of hydrogen-bond donors (Lipinski definition) is 1. The number of ether oxygens (including phenoxy) is 1. The van der Waals surface area contributed by atoms with Gasteiger partial charge in [0.1, 0.15) is 0 Å². The summed E-state index contributed by atoms with van der Waals surface area (Å²) >= 11 is 0. The van der Waals surface area contributed by atoms with Crippen molar-refractivity contribution in [3.05, 3.63) is 59.3 Å². The van der Waals surface area contributed by atoms with Crippen molar-refractivity contribution in [3.63, 3.8) is 0 Å². The molecule has 0 bridgehead atoms. The van der Waals surface area contributed by atoms with Crippen LogP contribution in [0.3, 0.4) is 0 Å². The van der Waals surface area contributed by atoms with E-state index in [9.17, 15) is 4.79 Å². The van der Waals surface area contributed by atoms with Crippen molar-refractivity contribution in [2.24, 2.45) is 0 Å². The van der Waals surface area contributed by atoms with E-state index in [1.54, 1.807) is 0 Å². The van der Waals surface area contributed by atoms with Gasteiger partial charge in [-0.3, -0.25) is 0 Å². The van der Waals surface area contributed by atoms with Gasteiger partial charge in [-0.15, -0.1) is 0 Å². The number of aldehydes is 1. The number of benzene rings is 1. The summed E-state index contributed by atoms with van der Waals surface area (Å²) in [6, 6.07) is 7.76. The molecule has 0 unspecified atom stereocenters. The summed E-state index contributed by atoms with van der Waals surface area (Å²) in [5.74, 6) is -0.525. The van der Waals surface area contributed by atoms with Crippen LogP contribution in [0.1, 0.15) is 0 Å². The largest absolute Gasteiger partial charge is 0.459 e. The average Bonchev–Trinajstić information content (AvgIpc) is 2.48. The number of esters is 1. The maximum atomic E-state index is 10.9. The molecule has 1 aromatic rings. The molecule has 2 rings (SSSR count). The lowest BCUT2D eigenvalue weighted by Gasteiger charge is -2.01. The van der Waals surface area contributed by atoms with Gasteiger partial charge >= 0.3 is 18.5 Å². The fourth-order valence-electron chi connectivity index (χ4n) is 1.64. The van der Waals surface area contributed by atoms with Gasteiger partial charge in [-0.2, -0.15) is 0 Å². The van der Waals surface area contributed by atoms with E-state index in [1.807, 2.05) is 48.8 Å². The van der Waals surface area contributed by atoms with Crippen LogP contribution in [0.15, 0.2) is 48.8 Å². The smallest absolute Gasteiger partial charge is 0.428 e. The van der Waals surface area contributed by atoms with Crippen molar-refractivity contribution >= 4 is 24.1 Å². The van der Waals surface area contributed by atoms with E-state index in [1.165, 1.54) is 13.4 Å². The highest BCUT2D eigenvalue weighted by molar-refractivity contribution is 6.20. The molecule has 0 saturated carbocycles. The van der Waals surface area contributed by atoms with E-state index < -0.39 is 5.97 Å². The van der Waals surface area contributed by atoms with Crippen LogP contribution < -0.4 is 15.8 Å². The summed E-state index contributed by atoms with van der Waals surface area (Å²) in [7, 11) is 1.30. The van der Waals surface area contributed by atoms with Crippen LogP contribution in [0.5, 0.6) is 0 Å². The summed E-state index contributed by atoms with van der Waals surface area (Å²) in [5.41, 5.74) is 1.06. The van der Waals surface area contributed by atoms with Crippen molar-refractivity contribution < 1.29 is 14.0 Å². The Kier molecular flexibility index (Phi) is 4.29. The minimum absolute atomic E-state index is 0.525. The molecule has 19 heavy (non-hydrogen) atoms. The second-order valence-electron chi connectivity index (χ2n) is 3.77. The van der Waals surface area contributed by atoms with E-state index in [-0.39, 0.29) is 0 Å². The third-order valence-electron chi connectivity index (χ3n) is 2.55. The molecule has 0 saturated heterocycles. The van der Waals surface area contributed by atoms with E-state index >= 15 is 0 Å². The molecule has 1 aliphatic heterocycles. The number of dihydropyridines is 1. The topological polar surface area (TPSA) is 49.6 Å². The molecule has 0 spiro atoms. The summed E-state index contributed by atoms with van der Waals surface area (Å²) in [4.78, 5) is 10.9. The molecule has 96 valence electrons. The summed E-state index contributed by atoms with van der Waals surface area (Å²) in [6.45, 7) is 0. The fraction of sp³-hybridized carbons (Fsp3) is 0.0667. The number of nitrogens with one attached hydrogen (secondary N) is 1. The van der Waals surface area contributed by atoms with Crippen LogP contribution in [-0.2, 0) is 14.0 Å². The Hall–Kier alpha value is -2.62. The number of carbonyl (C=O) groups excluding carboxylic acids is 2. The van der Waals surface area contributed by atoms with Crippen molar-refractivity contribution in [1.82, 2.24) is 5.32 Å². The third kappa shape index (κ3) is 3.42. The Labute approximate surface area is 110 Å². The van der Waals surface area contributed by atoms with Crippen molar-refractivity contribution in [3.8, 4) is 0 Å². The van der Waals surface area contributed by atoms with E-state index in [4.69, 9.17) is 4.42 Å². The number of rotatable bonds is 2. The van der Waals surface area contributed by atoms with Crippen molar-refractivity contribution in [2.45, 2.75) is 0 Å². The first-order valence-electron chi connectivity index (χ1n) is 5.76. The SMILES string of the molecule is COC(=O)C=[O+]/C=c1\ccccc1=C1C=CNC=C1. The van der Waals surface area contributed by atoms with Gasteiger partial charge in [0.05, 0.1) is 12.3 Å². The molecule has 1 N–H and O–H groups in total. The third-order valence-corrected chi connectivity index (χ3v) is 2.55. The van der Waals surface area contributed by atoms with Gasteiger partial charge in [-0.1, -0.05) is 18.2 Å². The quantitative estimate of drug-likeness (QED) is 0.354. The molecule has 1 heterocycles. The molecule has 0 radical (unpaired) electrons. The van der Waals surface area contributed by atoms with Crippen molar-refractivity contribution in [2.75, 3.05) is 7.11 Å². The van der Waals surface area contributed by atoms with E-state index in [2.05, 4.69) is 10.1 Å². The maximum Gasteiger partial charge on any atom is 0.428 e. The van der Waals surface area contributed by atoms with Crippen molar-refractivity contribution in [1.29, 1.82) is 0 Å². The van der Waals surface area contributed by atoms with Gasteiger partial charge < -0.3 is 10.1 Å². The molecular formula is C15H14NO3+. The Morgan fingerprint density at radius 2 is 2.00 bits per heavy atom. The van der Waals surface area contributed by atoms with Crippen LogP contribution in [0, 0.1) is 0 Å². The first kappa shape index (κ1) is 12.8. The highest BCUT2D eigenvalue weighted by Gasteiger charge is 2.01. The standard InChI is InChI=1S/C15H13NO3/c1-18-15(17)11-19-10-13-4-2-3-5-14(13)12-6-8-16-9-7-12/h2-11H,1H3/p+1. The predicted octanol–water partition coefficient (Wildman–Crippen LogP) is 0.113. The molecule has 4 nitrogen and oxygen atoms in total. The van der Waals surface area contributed by atoms with Crippen LogP contribution in [0.25, 0.3) is 11.8 Å². The van der Waals surface area contributed by atoms with E-state index in [0.717, 1.165) is 22.3 Å². The second-order valence-corrected chi connectivity index (χ2v) is 3.77. The predicted molar refractivity (Wildman–Crippen MR) is 73.1 cm³/mol. The molecular weight excluding hydrogens is 242 g/mol. The molecule has 0 atom stereocenters. The van der Waals surface area contributed by atoms with Gasteiger partial charge in [0.2, 0.25) is 0 Å². The lowest BCUT2D eigenvalue weighted by Crippen LogP contribution is -2.26. The van der Waals surface area contributed by atoms with Gasteiger partial charge in [0.15, 0.2) is 0 Å². The zero-order valence-corrected chi connectivity index (χ0v) is 10.5. The minimum atomic E-state index is -0.525. The number of allylic oxidation sites excluding steroid dienone is 2. The van der Waals surface area contributed by atoms with Crippen LogP contribution in [0.2, 0.25) is 0 Å². The van der Waals surface area contributed by atoms with Crippen LogP contribution in [0.4, 0.5) is 0 Å². The summed E-state index contributed by atoms with van der Waals surface area (Å²) in [5, 5.41) is 4.89. The first-order valence-corrected chi connectivity index (χ1v) is 5.76. The zero-order chi connectivity index (χ0) is 13.5. The van der Waals surface area contributed by atoms with E-state index in [0.29, 0.717) is 0 Å². The lowest BCUT2D eigenvalue weighted by atomic mass is 10.1. The molecule has 0 amide bonds. The Bertz CT molecular complexity index is 655. The number of methoxy groups -OCH3 is 1. The Morgan fingerprint density at radius 3 is 2.74 bits per heavy atom. The fourth-order valence-corrected chi connectivity index (χ4v) is 1.64. The monoisotopic (exact) mass is 256 g/mol. The lowest BCUT2D eigenvalue weighted by molar-refractivity contribution is -0.324. The minimum Gasteiger partial charge on any atom is -0.459 e. The molecule has 0 fully saturated rings. The summed E-state index contributed by atoms with van der Waals surface area (Å²) in [6.07, 6.45) is 10.2. The average molecular weight is 256 g/mol. The van der Waals surface area contributed by atoms with Crippen LogP contribution in [-0.4, -0.2) is 19.4 Å². The molecule has 1 aliphatic rings. The van der Waals surface area contributed by atoms with Gasteiger partial charge in [-0.05, 0) is 29.0 Å². The summed E-state index contributed by atoms with van der Waals surface area (Å²) < 4.78 is 9.56. The van der Waals surface area contributed by atoms with Gasteiger partial charge in [0.25, 0.3) is 0 Å². The van der Waals surface area contributed by atoms with Crippen LogP contribution >= 0.6 is 0 Å². The molecule has 1 aromatic carbocycles. The number of hydrogen-bond acceptors (Lipinski definition) is 3. The highest BCUT2D eigenvalue weighted by atomic mass is 16.5.